The lowest BCUT2D eigenvalue weighted by atomic mass is 10.1. The molecule has 1 atom stereocenters. The first-order valence-corrected chi connectivity index (χ1v) is 7.01. The SMILES string of the molecule is Cc1nccc(N2CCO[C@H](Cc3ccccc3)C2)n1. The molecular weight excluding hydrogens is 250 g/mol. The van der Waals surface area contributed by atoms with Gasteiger partial charge in [-0.25, -0.2) is 9.97 Å². The first-order valence-electron chi connectivity index (χ1n) is 7.01. The number of aryl methyl sites for hydroxylation is 1. The Kier molecular flexibility index (Phi) is 3.92. The molecule has 0 amide bonds. The number of anilines is 1. The minimum atomic E-state index is 0.224. The second-order valence-corrected chi connectivity index (χ2v) is 5.09. The third-order valence-electron chi connectivity index (χ3n) is 3.53. The number of benzene rings is 1. The van der Waals surface area contributed by atoms with Gasteiger partial charge in [-0.2, -0.15) is 0 Å². The second kappa shape index (κ2) is 6.01. The summed E-state index contributed by atoms with van der Waals surface area (Å²) in [6, 6.07) is 12.5. The van der Waals surface area contributed by atoms with E-state index in [0.717, 1.165) is 37.8 Å². The van der Waals surface area contributed by atoms with Crippen LogP contribution in [0.2, 0.25) is 0 Å². The molecule has 3 rings (SSSR count). The molecule has 1 aromatic carbocycles. The van der Waals surface area contributed by atoms with E-state index in [2.05, 4.69) is 39.1 Å². The highest BCUT2D eigenvalue weighted by atomic mass is 16.5. The topological polar surface area (TPSA) is 38.2 Å². The summed E-state index contributed by atoms with van der Waals surface area (Å²) in [6.45, 7) is 4.44. The zero-order valence-electron chi connectivity index (χ0n) is 11.7. The number of morpholine rings is 1. The van der Waals surface area contributed by atoms with Gasteiger partial charge in [0.2, 0.25) is 0 Å². The maximum absolute atomic E-state index is 5.88. The molecule has 104 valence electrons. The van der Waals surface area contributed by atoms with Crippen molar-refractivity contribution in [3.05, 3.63) is 54.0 Å². The minimum absolute atomic E-state index is 0.224. The normalized spacial score (nSPS) is 19.1. The predicted octanol–water partition coefficient (Wildman–Crippen LogP) is 2.23. The van der Waals surface area contributed by atoms with Crippen LogP contribution < -0.4 is 4.90 Å². The van der Waals surface area contributed by atoms with Crippen molar-refractivity contribution in [3.8, 4) is 0 Å². The molecule has 1 aromatic heterocycles. The smallest absolute Gasteiger partial charge is 0.132 e. The van der Waals surface area contributed by atoms with E-state index in [-0.39, 0.29) is 6.10 Å². The average molecular weight is 269 g/mol. The molecule has 20 heavy (non-hydrogen) atoms. The molecule has 0 aliphatic carbocycles. The third-order valence-corrected chi connectivity index (χ3v) is 3.53. The Morgan fingerprint density at radius 2 is 2.10 bits per heavy atom. The summed E-state index contributed by atoms with van der Waals surface area (Å²) in [4.78, 5) is 10.9. The number of rotatable bonds is 3. The second-order valence-electron chi connectivity index (χ2n) is 5.09. The summed E-state index contributed by atoms with van der Waals surface area (Å²) >= 11 is 0. The Morgan fingerprint density at radius 1 is 1.25 bits per heavy atom. The predicted molar refractivity (Wildman–Crippen MR) is 78.9 cm³/mol. The maximum atomic E-state index is 5.88. The Bertz CT molecular complexity index is 559. The fourth-order valence-corrected chi connectivity index (χ4v) is 2.55. The number of hydrogen-bond donors (Lipinski definition) is 0. The van der Waals surface area contributed by atoms with E-state index in [1.807, 2.05) is 25.3 Å². The molecule has 0 bridgehead atoms. The molecule has 4 nitrogen and oxygen atoms in total. The highest BCUT2D eigenvalue weighted by Gasteiger charge is 2.21. The zero-order chi connectivity index (χ0) is 13.8. The van der Waals surface area contributed by atoms with Gasteiger partial charge in [-0.3, -0.25) is 0 Å². The van der Waals surface area contributed by atoms with Gasteiger partial charge < -0.3 is 9.64 Å². The largest absolute Gasteiger partial charge is 0.374 e. The highest BCUT2D eigenvalue weighted by molar-refractivity contribution is 5.38. The molecule has 2 aromatic rings. The molecule has 0 unspecified atom stereocenters. The number of ether oxygens (including phenoxy) is 1. The van der Waals surface area contributed by atoms with Crippen LogP contribution in [0.5, 0.6) is 0 Å². The monoisotopic (exact) mass is 269 g/mol. The lowest BCUT2D eigenvalue weighted by Crippen LogP contribution is -2.43. The van der Waals surface area contributed by atoms with Gasteiger partial charge in [0.25, 0.3) is 0 Å². The summed E-state index contributed by atoms with van der Waals surface area (Å²) < 4.78 is 5.88. The fourth-order valence-electron chi connectivity index (χ4n) is 2.55. The van der Waals surface area contributed by atoms with Crippen molar-refractivity contribution in [2.24, 2.45) is 0 Å². The van der Waals surface area contributed by atoms with E-state index in [9.17, 15) is 0 Å². The molecule has 0 spiro atoms. The quantitative estimate of drug-likeness (QED) is 0.856. The van der Waals surface area contributed by atoms with Crippen LogP contribution in [-0.4, -0.2) is 35.8 Å². The van der Waals surface area contributed by atoms with Crippen LogP contribution in [-0.2, 0) is 11.2 Å². The molecule has 4 heteroatoms. The molecule has 1 fully saturated rings. The molecule has 0 saturated carbocycles. The van der Waals surface area contributed by atoms with E-state index >= 15 is 0 Å². The molecular formula is C16H19N3O. The summed E-state index contributed by atoms with van der Waals surface area (Å²) in [5.41, 5.74) is 1.32. The van der Waals surface area contributed by atoms with Crippen LogP contribution in [0.25, 0.3) is 0 Å². The van der Waals surface area contributed by atoms with Gasteiger partial charge in [-0.1, -0.05) is 30.3 Å². The van der Waals surface area contributed by atoms with Crippen LogP contribution in [0.4, 0.5) is 5.82 Å². The Morgan fingerprint density at radius 3 is 2.90 bits per heavy atom. The lowest BCUT2D eigenvalue weighted by molar-refractivity contribution is 0.0408. The lowest BCUT2D eigenvalue weighted by Gasteiger charge is -2.33. The van der Waals surface area contributed by atoms with Crippen LogP contribution >= 0.6 is 0 Å². The van der Waals surface area contributed by atoms with Crippen molar-refractivity contribution >= 4 is 5.82 Å². The van der Waals surface area contributed by atoms with Gasteiger partial charge >= 0.3 is 0 Å². The van der Waals surface area contributed by atoms with Gasteiger partial charge in [-0.15, -0.1) is 0 Å². The number of hydrogen-bond acceptors (Lipinski definition) is 4. The number of nitrogens with zero attached hydrogens (tertiary/aromatic N) is 3. The van der Waals surface area contributed by atoms with Crippen LogP contribution in [0.3, 0.4) is 0 Å². The van der Waals surface area contributed by atoms with Gasteiger partial charge in [0.15, 0.2) is 0 Å². The van der Waals surface area contributed by atoms with E-state index in [1.54, 1.807) is 0 Å². The van der Waals surface area contributed by atoms with Gasteiger partial charge in [0, 0.05) is 25.7 Å². The Labute approximate surface area is 119 Å². The van der Waals surface area contributed by atoms with E-state index < -0.39 is 0 Å². The summed E-state index contributed by atoms with van der Waals surface area (Å²) in [5.74, 6) is 1.81. The van der Waals surface area contributed by atoms with Crippen molar-refractivity contribution in [2.45, 2.75) is 19.4 Å². The molecule has 0 N–H and O–H groups in total. The third kappa shape index (κ3) is 3.14. The summed E-state index contributed by atoms with van der Waals surface area (Å²) in [6.07, 6.45) is 2.99. The minimum Gasteiger partial charge on any atom is -0.374 e. The highest BCUT2D eigenvalue weighted by Crippen LogP contribution is 2.17. The first-order chi connectivity index (χ1) is 9.81. The van der Waals surface area contributed by atoms with E-state index in [4.69, 9.17) is 4.74 Å². The zero-order valence-corrected chi connectivity index (χ0v) is 11.7. The van der Waals surface area contributed by atoms with Crippen molar-refractivity contribution < 1.29 is 4.74 Å². The van der Waals surface area contributed by atoms with Crippen LogP contribution in [0.15, 0.2) is 42.6 Å². The van der Waals surface area contributed by atoms with Crippen LogP contribution in [0.1, 0.15) is 11.4 Å². The first kappa shape index (κ1) is 13.1. The maximum Gasteiger partial charge on any atom is 0.132 e. The van der Waals surface area contributed by atoms with E-state index in [0.29, 0.717) is 0 Å². The van der Waals surface area contributed by atoms with Crippen molar-refractivity contribution in [1.82, 2.24) is 9.97 Å². The van der Waals surface area contributed by atoms with Crippen molar-refractivity contribution in [1.29, 1.82) is 0 Å². The number of aromatic nitrogens is 2. The van der Waals surface area contributed by atoms with Gasteiger partial charge in [-0.05, 0) is 18.6 Å². The molecule has 1 saturated heterocycles. The fraction of sp³-hybridized carbons (Fsp3) is 0.375. The Hall–Kier alpha value is -1.94. The van der Waals surface area contributed by atoms with Crippen LogP contribution in [0, 0.1) is 6.92 Å². The van der Waals surface area contributed by atoms with E-state index in [1.165, 1.54) is 5.56 Å². The van der Waals surface area contributed by atoms with Gasteiger partial charge in [0.05, 0.1) is 12.7 Å². The molecule has 1 aliphatic rings. The summed E-state index contributed by atoms with van der Waals surface area (Å²) in [7, 11) is 0. The molecule has 1 aliphatic heterocycles. The van der Waals surface area contributed by atoms with Crippen molar-refractivity contribution in [3.63, 3.8) is 0 Å². The van der Waals surface area contributed by atoms with Gasteiger partial charge in [0.1, 0.15) is 11.6 Å². The van der Waals surface area contributed by atoms with Crippen molar-refractivity contribution in [2.75, 3.05) is 24.6 Å². The molecule has 0 radical (unpaired) electrons. The standard InChI is InChI=1S/C16H19N3O/c1-13-17-8-7-16(18-13)19-9-10-20-15(12-19)11-14-5-3-2-4-6-14/h2-8,15H,9-12H2,1H3/t15-/m1/s1. The summed E-state index contributed by atoms with van der Waals surface area (Å²) in [5, 5.41) is 0. The average Bonchev–Trinajstić information content (AvgIpc) is 2.49. The molecule has 2 heterocycles. The Balaban J connectivity index is 1.67.